The number of nitrogens with zero attached hydrogens (tertiary/aromatic N) is 1. The van der Waals surface area contributed by atoms with Crippen LogP contribution in [0.3, 0.4) is 0 Å². The van der Waals surface area contributed by atoms with Gasteiger partial charge in [0.1, 0.15) is 5.69 Å². The van der Waals surface area contributed by atoms with E-state index in [2.05, 4.69) is 16.0 Å². The fourth-order valence-electron chi connectivity index (χ4n) is 2.69. The minimum atomic E-state index is -0.382. The molecule has 1 unspecified atom stereocenters. The van der Waals surface area contributed by atoms with E-state index in [4.69, 9.17) is 0 Å². The molecule has 3 N–H and O–H groups in total. The van der Waals surface area contributed by atoms with Gasteiger partial charge in [-0.2, -0.15) is 0 Å². The van der Waals surface area contributed by atoms with Gasteiger partial charge in [0.25, 0.3) is 5.69 Å². The number of carbonyl (C=O) groups excluding carboxylic acids is 1. The Balaban J connectivity index is 1.71. The maximum atomic E-state index is 12.0. The van der Waals surface area contributed by atoms with Crippen molar-refractivity contribution in [3.63, 3.8) is 0 Å². The SMILES string of the molecule is Cc1ccc(NCCCNC(=O)C2CCCNC2)c([N+](=O)[O-])c1. The molecule has 1 amide bonds. The van der Waals surface area contributed by atoms with Crippen LogP contribution in [0.4, 0.5) is 11.4 Å². The lowest BCUT2D eigenvalue weighted by Gasteiger charge is -2.21. The van der Waals surface area contributed by atoms with Gasteiger partial charge in [0.15, 0.2) is 0 Å². The number of piperidine rings is 1. The Labute approximate surface area is 136 Å². The summed E-state index contributed by atoms with van der Waals surface area (Å²) in [6, 6.07) is 5.12. The summed E-state index contributed by atoms with van der Waals surface area (Å²) in [5.74, 6) is 0.161. The molecule has 1 aliphatic rings. The Kier molecular flexibility index (Phi) is 6.34. The maximum absolute atomic E-state index is 12.0. The number of hydrogen-bond donors (Lipinski definition) is 3. The molecule has 1 aromatic carbocycles. The summed E-state index contributed by atoms with van der Waals surface area (Å²) in [4.78, 5) is 22.6. The quantitative estimate of drug-likeness (QED) is 0.404. The average molecular weight is 320 g/mol. The summed E-state index contributed by atoms with van der Waals surface area (Å²) in [7, 11) is 0. The second kappa shape index (κ2) is 8.47. The number of nitrogens with one attached hydrogen (secondary N) is 3. The second-order valence-electron chi connectivity index (χ2n) is 5.89. The van der Waals surface area contributed by atoms with E-state index in [1.54, 1.807) is 12.1 Å². The van der Waals surface area contributed by atoms with Crippen molar-refractivity contribution in [2.24, 2.45) is 5.92 Å². The van der Waals surface area contributed by atoms with Crippen molar-refractivity contribution in [3.05, 3.63) is 33.9 Å². The smallest absolute Gasteiger partial charge is 0.292 e. The molecule has 7 heteroatoms. The van der Waals surface area contributed by atoms with Gasteiger partial charge in [-0.25, -0.2) is 0 Å². The van der Waals surface area contributed by atoms with Crippen molar-refractivity contribution < 1.29 is 9.72 Å². The third kappa shape index (κ3) is 5.21. The molecule has 0 saturated carbocycles. The standard InChI is InChI=1S/C16H24N4O3/c1-12-5-6-14(15(10-12)20(22)23)18-8-3-9-19-16(21)13-4-2-7-17-11-13/h5-6,10,13,17-18H,2-4,7-9,11H2,1H3,(H,19,21). The van der Waals surface area contributed by atoms with Crippen molar-refractivity contribution >= 4 is 17.3 Å². The molecular weight excluding hydrogens is 296 g/mol. The zero-order valence-corrected chi connectivity index (χ0v) is 13.4. The van der Waals surface area contributed by atoms with Crippen LogP contribution in [0, 0.1) is 23.0 Å². The van der Waals surface area contributed by atoms with E-state index in [-0.39, 0.29) is 22.4 Å². The van der Waals surface area contributed by atoms with Crippen molar-refractivity contribution in [1.82, 2.24) is 10.6 Å². The highest BCUT2D eigenvalue weighted by Crippen LogP contribution is 2.25. The van der Waals surface area contributed by atoms with Gasteiger partial charge in [-0.05, 0) is 44.4 Å². The lowest BCUT2D eigenvalue weighted by atomic mass is 9.99. The van der Waals surface area contributed by atoms with Crippen LogP contribution in [0.5, 0.6) is 0 Å². The van der Waals surface area contributed by atoms with E-state index in [1.807, 2.05) is 13.0 Å². The summed E-state index contributed by atoms with van der Waals surface area (Å²) >= 11 is 0. The first-order valence-corrected chi connectivity index (χ1v) is 8.05. The van der Waals surface area contributed by atoms with Crippen molar-refractivity contribution in [2.45, 2.75) is 26.2 Å². The number of amides is 1. The van der Waals surface area contributed by atoms with Gasteiger partial charge in [-0.3, -0.25) is 14.9 Å². The molecule has 0 spiro atoms. The number of rotatable bonds is 7. The van der Waals surface area contributed by atoms with Gasteiger partial charge < -0.3 is 16.0 Å². The lowest BCUT2D eigenvalue weighted by Crippen LogP contribution is -2.41. The minimum Gasteiger partial charge on any atom is -0.379 e. The van der Waals surface area contributed by atoms with Gasteiger partial charge in [-0.1, -0.05) is 6.07 Å². The normalized spacial score (nSPS) is 17.5. The molecule has 0 aromatic heterocycles. The molecule has 0 bridgehead atoms. The summed E-state index contributed by atoms with van der Waals surface area (Å²) < 4.78 is 0. The molecular formula is C16H24N4O3. The van der Waals surface area contributed by atoms with E-state index >= 15 is 0 Å². The number of hydrogen-bond acceptors (Lipinski definition) is 5. The molecule has 1 heterocycles. The first-order valence-electron chi connectivity index (χ1n) is 8.05. The molecule has 1 aromatic rings. The Morgan fingerprint density at radius 2 is 2.26 bits per heavy atom. The van der Waals surface area contributed by atoms with Gasteiger partial charge in [0, 0.05) is 25.7 Å². The zero-order chi connectivity index (χ0) is 16.7. The van der Waals surface area contributed by atoms with Crippen molar-refractivity contribution in [1.29, 1.82) is 0 Å². The molecule has 2 rings (SSSR count). The van der Waals surface area contributed by atoms with Gasteiger partial charge in [0.2, 0.25) is 5.91 Å². The first kappa shape index (κ1) is 17.2. The van der Waals surface area contributed by atoms with Crippen molar-refractivity contribution in [3.8, 4) is 0 Å². The maximum Gasteiger partial charge on any atom is 0.292 e. The molecule has 1 aliphatic heterocycles. The average Bonchev–Trinajstić information content (AvgIpc) is 2.56. The van der Waals surface area contributed by atoms with Crippen LogP contribution >= 0.6 is 0 Å². The predicted octanol–water partition coefficient (Wildman–Crippen LogP) is 1.82. The Morgan fingerprint density at radius 1 is 1.43 bits per heavy atom. The summed E-state index contributed by atoms with van der Waals surface area (Å²) in [5, 5.41) is 20.3. The first-order chi connectivity index (χ1) is 11.1. The van der Waals surface area contributed by atoms with Crippen molar-refractivity contribution in [2.75, 3.05) is 31.5 Å². The van der Waals surface area contributed by atoms with Crippen LogP contribution in [-0.4, -0.2) is 37.0 Å². The number of anilines is 1. The zero-order valence-electron chi connectivity index (χ0n) is 13.4. The lowest BCUT2D eigenvalue weighted by molar-refractivity contribution is -0.384. The molecule has 1 atom stereocenters. The number of nitro groups is 1. The Bertz CT molecular complexity index is 556. The van der Waals surface area contributed by atoms with E-state index < -0.39 is 0 Å². The van der Waals surface area contributed by atoms with Crippen LogP contribution < -0.4 is 16.0 Å². The highest BCUT2D eigenvalue weighted by Gasteiger charge is 2.20. The van der Waals surface area contributed by atoms with Crippen LogP contribution in [0.1, 0.15) is 24.8 Å². The molecule has 126 valence electrons. The fraction of sp³-hybridized carbons (Fsp3) is 0.562. The second-order valence-corrected chi connectivity index (χ2v) is 5.89. The van der Waals surface area contributed by atoms with Crippen LogP contribution in [0.2, 0.25) is 0 Å². The molecule has 0 radical (unpaired) electrons. The van der Waals surface area contributed by atoms with Gasteiger partial charge in [-0.15, -0.1) is 0 Å². The molecule has 7 nitrogen and oxygen atoms in total. The highest BCUT2D eigenvalue weighted by atomic mass is 16.6. The van der Waals surface area contributed by atoms with Crippen LogP contribution in [0.25, 0.3) is 0 Å². The largest absolute Gasteiger partial charge is 0.379 e. The number of carbonyl (C=O) groups is 1. The van der Waals surface area contributed by atoms with Gasteiger partial charge >= 0.3 is 0 Å². The number of nitro benzene ring substituents is 1. The molecule has 1 saturated heterocycles. The molecule has 0 aliphatic carbocycles. The topological polar surface area (TPSA) is 96.3 Å². The Hall–Kier alpha value is -2.15. The monoisotopic (exact) mass is 320 g/mol. The fourth-order valence-corrected chi connectivity index (χ4v) is 2.69. The number of benzene rings is 1. The summed E-state index contributed by atoms with van der Waals surface area (Å²) in [5.41, 5.74) is 1.46. The van der Waals surface area contributed by atoms with E-state index in [9.17, 15) is 14.9 Å². The predicted molar refractivity (Wildman–Crippen MR) is 89.5 cm³/mol. The summed E-state index contributed by atoms with van der Waals surface area (Å²) in [6.07, 6.45) is 2.69. The third-order valence-electron chi connectivity index (χ3n) is 3.99. The molecule has 1 fully saturated rings. The van der Waals surface area contributed by atoms with Gasteiger partial charge in [0.05, 0.1) is 10.8 Å². The Morgan fingerprint density at radius 3 is 2.96 bits per heavy atom. The summed E-state index contributed by atoms with van der Waals surface area (Å²) in [6.45, 7) is 4.71. The third-order valence-corrected chi connectivity index (χ3v) is 3.99. The van der Waals surface area contributed by atoms with Crippen LogP contribution in [-0.2, 0) is 4.79 Å². The number of aryl methyl sites for hydroxylation is 1. The minimum absolute atomic E-state index is 0.0647. The highest BCUT2D eigenvalue weighted by molar-refractivity contribution is 5.78. The van der Waals surface area contributed by atoms with E-state index in [0.717, 1.165) is 37.9 Å². The molecule has 23 heavy (non-hydrogen) atoms. The van der Waals surface area contributed by atoms with E-state index in [0.29, 0.717) is 18.8 Å². The van der Waals surface area contributed by atoms with E-state index in [1.165, 1.54) is 0 Å². The van der Waals surface area contributed by atoms with Crippen LogP contribution in [0.15, 0.2) is 18.2 Å².